The molecule has 0 saturated carbocycles. The summed E-state index contributed by atoms with van der Waals surface area (Å²) in [5, 5.41) is 7.55. The first kappa shape index (κ1) is 18.9. The van der Waals surface area contributed by atoms with Crippen molar-refractivity contribution >= 4 is 5.91 Å². The fourth-order valence-corrected chi connectivity index (χ4v) is 3.36. The van der Waals surface area contributed by atoms with E-state index in [0.717, 1.165) is 50.5 Å². The number of amides is 1. The lowest BCUT2D eigenvalue weighted by molar-refractivity contribution is -0.122. The minimum absolute atomic E-state index is 0.000421. The number of aryl methyl sites for hydroxylation is 2. The SMILES string of the molecule is CCC(C)(CNC(=O)CCc1c(C)nn(C)c1C)N1CCOCC1. The second kappa shape index (κ2) is 8.12. The zero-order chi connectivity index (χ0) is 17.7. The van der Waals surface area contributed by atoms with Gasteiger partial charge < -0.3 is 10.1 Å². The Labute approximate surface area is 145 Å². The van der Waals surface area contributed by atoms with Gasteiger partial charge in [0, 0.05) is 44.3 Å². The van der Waals surface area contributed by atoms with Gasteiger partial charge in [-0.25, -0.2) is 0 Å². The Hall–Kier alpha value is -1.40. The van der Waals surface area contributed by atoms with E-state index in [1.54, 1.807) is 0 Å². The third kappa shape index (κ3) is 4.36. The van der Waals surface area contributed by atoms with Crippen LogP contribution in [0.2, 0.25) is 0 Å². The summed E-state index contributed by atoms with van der Waals surface area (Å²) in [5.74, 6) is 0.116. The number of aromatic nitrogens is 2. The topological polar surface area (TPSA) is 59.4 Å². The van der Waals surface area contributed by atoms with Crippen molar-refractivity contribution in [1.29, 1.82) is 0 Å². The van der Waals surface area contributed by atoms with Gasteiger partial charge in [0.25, 0.3) is 0 Å². The Morgan fingerprint density at radius 3 is 2.54 bits per heavy atom. The Morgan fingerprint density at radius 1 is 1.33 bits per heavy atom. The van der Waals surface area contributed by atoms with E-state index in [1.807, 2.05) is 18.7 Å². The smallest absolute Gasteiger partial charge is 0.220 e. The summed E-state index contributed by atoms with van der Waals surface area (Å²) in [6.07, 6.45) is 2.27. The molecule has 1 fully saturated rings. The van der Waals surface area contributed by atoms with Crippen molar-refractivity contribution < 1.29 is 9.53 Å². The quantitative estimate of drug-likeness (QED) is 0.821. The highest BCUT2D eigenvalue weighted by Crippen LogP contribution is 2.20. The molecule has 1 aromatic heterocycles. The standard InChI is InChI=1S/C18H32N4O2/c1-6-18(4,22-9-11-24-12-10-22)13-19-17(23)8-7-16-14(2)20-21(5)15(16)3/h6-13H2,1-5H3,(H,19,23). The highest BCUT2D eigenvalue weighted by Gasteiger charge is 2.31. The molecule has 1 aromatic rings. The molecule has 6 heteroatoms. The van der Waals surface area contributed by atoms with E-state index in [-0.39, 0.29) is 11.4 Å². The van der Waals surface area contributed by atoms with Gasteiger partial charge in [-0.15, -0.1) is 0 Å². The fraction of sp³-hybridized carbons (Fsp3) is 0.778. The van der Waals surface area contributed by atoms with Gasteiger partial charge in [-0.1, -0.05) is 6.92 Å². The van der Waals surface area contributed by atoms with E-state index in [1.165, 1.54) is 5.56 Å². The number of ether oxygens (including phenoxy) is 1. The van der Waals surface area contributed by atoms with E-state index >= 15 is 0 Å². The third-order valence-electron chi connectivity index (χ3n) is 5.46. The van der Waals surface area contributed by atoms with Gasteiger partial charge in [-0.3, -0.25) is 14.4 Å². The number of rotatable bonds is 7. The highest BCUT2D eigenvalue weighted by molar-refractivity contribution is 5.76. The first-order valence-corrected chi connectivity index (χ1v) is 8.96. The maximum atomic E-state index is 12.3. The van der Waals surface area contributed by atoms with E-state index in [9.17, 15) is 4.79 Å². The van der Waals surface area contributed by atoms with Gasteiger partial charge in [0.15, 0.2) is 0 Å². The molecule has 1 unspecified atom stereocenters. The molecule has 0 bridgehead atoms. The van der Waals surface area contributed by atoms with Crippen LogP contribution in [0.5, 0.6) is 0 Å². The van der Waals surface area contributed by atoms with E-state index in [0.29, 0.717) is 13.0 Å². The highest BCUT2D eigenvalue weighted by atomic mass is 16.5. The lowest BCUT2D eigenvalue weighted by atomic mass is 9.95. The molecule has 1 aliphatic heterocycles. The zero-order valence-corrected chi connectivity index (χ0v) is 15.8. The summed E-state index contributed by atoms with van der Waals surface area (Å²) in [4.78, 5) is 14.7. The largest absolute Gasteiger partial charge is 0.379 e. The summed E-state index contributed by atoms with van der Waals surface area (Å²) < 4.78 is 7.32. The maximum absolute atomic E-state index is 12.3. The number of nitrogens with one attached hydrogen (secondary N) is 1. The molecule has 136 valence electrons. The molecular formula is C18H32N4O2. The lowest BCUT2D eigenvalue weighted by Crippen LogP contribution is -2.56. The Morgan fingerprint density at radius 2 is 2.00 bits per heavy atom. The summed E-state index contributed by atoms with van der Waals surface area (Å²) >= 11 is 0. The van der Waals surface area contributed by atoms with Crippen LogP contribution in [0.3, 0.4) is 0 Å². The first-order chi connectivity index (χ1) is 11.4. The molecule has 6 nitrogen and oxygen atoms in total. The average molecular weight is 336 g/mol. The predicted octanol–water partition coefficient (Wildman–Crippen LogP) is 1.59. The normalized spacial score (nSPS) is 18.4. The Bertz CT molecular complexity index is 564. The van der Waals surface area contributed by atoms with E-state index in [2.05, 4.69) is 36.1 Å². The van der Waals surface area contributed by atoms with Crippen LogP contribution in [0.25, 0.3) is 0 Å². The van der Waals surface area contributed by atoms with Crippen LogP contribution in [-0.2, 0) is 23.0 Å². The molecule has 0 aromatic carbocycles. The van der Waals surface area contributed by atoms with Gasteiger partial charge in [0.05, 0.1) is 18.9 Å². The average Bonchev–Trinajstić information content (AvgIpc) is 2.84. The minimum Gasteiger partial charge on any atom is -0.379 e. The fourth-order valence-electron chi connectivity index (χ4n) is 3.36. The van der Waals surface area contributed by atoms with Crippen LogP contribution in [0.1, 0.15) is 43.6 Å². The van der Waals surface area contributed by atoms with Crippen LogP contribution in [0, 0.1) is 13.8 Å². The minimum atomic E-state index is -0.000421. The van der Waals surface area contributed by atoms with Gasteiger partial charge in [-0.05, 0) is 39.2 Å². The Balaban J connectivity index is 1.85. The molecule has 1 aliphatic rings. The number of nitrogens with zero attached hydrogens (tertiary/aromatic N) is 3. The molecular weight excluding hydrogens is 304 g/mol. The third-order valence-corrected chi connectivity index (χ3v) is 5.46. The van der Waals surface area contributed by atoms with Crippen LogP contribution in [0.4, 0.5) is 0 Å². The number of carbonyl (C=O) groups is 1. The molecule has 2 rings (SSSR count). The van der Waals surface area contributed by atoms with Crippen LogP contribution in [0.15, 0.2) is 0 Å². The number of hydrogen-bond acceptors (Lipinski definition) is 4. The van der Waals surface area contributed by atoms with Crippen molar-refractivity contribution in [3.63, 3.8) is 0 Å². The maximum Gasteiger partial charge on any atom is 0.220 e. The molecule has 2 heterocycles. The summed E-state index contributed by atoms with van der Waals surface area (Å²) in [6, 6.07) is 0. The van der Waals surface area contributed by atoms with Crippen molar-refractivity contribution in [3.05, 3.63) is 17.0 Å². The van der Waals surface area contributed by atoms with E-state index in [4.69, 9.17) is 4.74 Å². The molecule has 1 saturated heterocycles. The molecule has 0 spiro atoms. The number of morpholine rings is 1. The van der Waals surface area contributed by atoms with Crippen molar-refractivity contribution in [2.24, 2.45) is 7.05 Å². The zero-order valence-electron chi connectivity index (χ0n) is 15.8. The molecule has 0 aliphatic carbocycles. The number of hydrogen-bond donors (Lipinski definition) is 1. The first-order valence-electron chi connectivity index (χ1n) is 8.96. The van der Waals surface area contributed by atoms with Crippen molar-refractivity contribution in [2.45, 2.75) is 52.5 Å². The van der Waals surface area contributed by atoms with Gasteiger partial charge in [-0.2, -0.15) is 5.10 Å². The van der Waals surface area contributed by atoms with Crippen molar-refractivity contribution in [3.8, 4) is 0 Å². The number of carbonyl (C=O) groups excluding carboxylic acids is 1. The van der Waals surface area contributed by atoms with Crippen LogP contribution < -0.4 is 5.32 Å². The van der Waals surface area contributed by atoms with Gasteiger partial charge in [0.2, 0.25) is 5.91 Å². The lowest BCUT2D eigenvalue weighted by Gasteiger charge is -2.43. The molecule has 1 amide bonds. The summed E-state index contributed by atoms with van der Waals surface area (Å²) in [7, 11) is 1.95. The van der Waals surface area contributed by atoms with Crippen LogP contribution >= 0.6 is 0 Å². The monoisotopic (exact) mass is 336 g/mol. The molecule has 24 heavy (non-hydrogen) atoms. The molecule has 1 N–H and O–H groups in total. The Kier molecular flexibility index (Phi) is 6.40. The van der Waals surface area contributed by atoms with Crippen molar-refractivity contribution in [2.75, 3.05) is 32.8 Å². The molecule has 1 atom stereocenters. The van der Waals surface area contributed by atoms with Crippen LogP contribution in [-0.4, -0.2) is 59.0 Å². The van der Waals surface area contributed by atoms with Gasteiger partial charge >= 0.3 is 0 Å². The predicted molar refractivity (Wildman–Crippen MR) is 95.1 cm³/mol. The summed E-state index contributed by atoms with van der Waals surface area (Å²) in [5.41, 5.74) is 3.36. The molecule has 0 radical (unpaired) electrons. The van der Waals surface area contributed by atoms with Crippen molar-refractivity contribution in [1.82, 2.24) is 20.0 Å². The van der Waals surface area contributed by atoms with E-state index < -0.39 is 0 Å². The second-order valence-electron chi connectivity index (χ2n) is 7.00. The van der Waals surface area contributed by atoms with Gasteiger partial charge in [0.1, 0.15) is 0 Å². The summed E-state index contributed by atoms with van der Waals surface area (Å²) in [6.45, 7) is 12.6. The second-order valence-corrected chi connectivity index (χ2v) is 7.00.